The van der Waals surface area contributed by atoms with Crippen LogP contribution in [-0.2, 0) is 15.6 Å². The normalized spacial score (nSPS) is 12.4. The Bertz CT molecular complexity index is 789. The number of amides is 1. The van der Waals surface area contributed by atoms with Crippen molar-refractivity contribution in [2.45, 2.75) is 52.4 Å². The van der Waals surface area contributed by atoms with Gasteiger partial charge in [-0.2, -0.15) is 0 Å². The molecule has 0 heterocycles. The van der Waals surface area contributed by atoms with E-state index in [1.165, 1.54) is 11.1 Å². The fraction of sp³-hybridized carbons (Fsp3) is 0.375. The van der Waals surface area contributed by atoms with E-state index in [9.17, 15) is 4.79 Å². The highest BCUT2D eigenvalue weighted by atomic mass is 16.2. The van der Waals surface area contributed by atoms with Crippen LogP contribution in [-0.4, -0.2) is 13.0 Å². The molecule has 2 aromatic rings. The van der Waals surface area contributed by atoms with Gasteiger partial charge in [-0.3, -0.25) is 4.79 Å². The van der Waals surface area contributed by atoms with E-state index < -0.39 is 0 Å². The zero-order chi connectivity index (χ0) is 19.5. The minimum atomic E-state index is -0.0383. The molecule has 2 heteroatoms. The van der Waals surface area contributed by atoms with Gasteiger partial charge in [0.2, 0.25) is 0 Å². The minimum Gasteiger partial charge on any atom is -0.312 e. The van der Waals surface area contributed by atoms with E-state index in [1.807, 2.05) is 43.5 Å². The molecule has 0 aliphatic rings. The van der Waals surface area contributed by atoms with E-state index in [1.54, 1.807) is 11.0 Å². The number of hydrogen-bond acceptors (Lipinski definition) is 1. The second-order valence-electron chi connectivity index (χ2n) is 8.87. The molecule has 26 heavy (non-hydrogen) atoms. The second kappa shape index (κ2) is 7.49. The average Bonchev–Trinajstić information content (AvgIpc) is 2.57. The van der Waals surface area contributed by atoms with Crippen LogP contribution in [0.3, 0.4) is 0 Å². The number of anilines is 1. The second-order valence-corrected chi connectivity index (χ2v) is 8.87. The Morgan fingerprint density at radius 3 is 2.04 bits per heavy atom. The summed E-state index contributed by atoms with van der Waals surface area (Å²) in [4.78, 5) is 14.6. The molecule has 0 bridgehead atoms. The molecule has 0 atom stereocenters. The molecule has 0 aromatic heterocycles. The third-order valence-corrected chi connectivity index (χ3v) is 4.58. The Kier molecular flexibility index (Phi) is 5.75. The molecule has 0 saturated carbocycles. The van der Waals surface area contributed by atoms with Crippen molar-refractivity contribution in [3.8, 4) is 0 Å². The van der Waals surface area contributed by atoms with Crippen molar-refractivity contribution in [2.24, 2.45) is 0 Å². The van der Waals surface area contributed by atoms with Gasteiger partial charge < -0.3 is 4.90 Å². The van der Waals surface area contributed by atoms with Gasteiger partial charge in [-0.25, -0.2) is 0 Å². The predicted molar refractivity (Wildman–Crippen MR) is 113 cm³/mol. The van der Waals surface area contributed by atoms with Crippen molar-refractivity contribution in [3.63, 3.8) is 0 Å². The van der Waals surface area contributed by atoms with Crippen molar-refractivity contribution in [2.75, 3.05) is 11.9 Å². The summed E-state index contributed by atoms with van der Waals surface area (Å²) >= 11 is 0. The van der Waals surface area contributed by atoms with Crippen molar-refractivity contribution in [1.82, 2.24) is 0 Å². The van der Waals surface area contributed by atoms with Gasteiger partial charge >= 0.3 is 0 Å². The van der Waals surface area contributed by atoms with Crippen molar-refractivity contribution in [1.29, 1.82) is 0 Å². The monoisotopic (exact) mass is 349 g/mol. The molecule has 1 amide bonds. The maximum Gasteiger partial charge on any atom is 0.250 e. The Morgan fingerprint density at radius 1 is 0.885 bits per heavy atom. The Morgan fingerprint density at radius 2 is 1.50 bits per heavy atom. The highest BCUT2D eigenvalue weighted by Crippen LogP contribution is 2.35. The first-order valence-corrected chi connectivity index (χ1v) is 9.16. The van der Waals surface area contributed by atoms with E-state index in [2.05, 4.69) is 59.7 Å². The fourth-order valence-corrected chi connectivity index (χ4v) is 2.87. The smallest absolute Gasteiger partial charge is 0.250 e. The molecule has 0 saturated heterocycles. The van der Waals surface area contributed by atoms with Crippen LogP contribution in [0, 0.1) is 0 Å². The summed E-state index contributed by atoms with van der Waals surface area (Å²) in [5.41, 5.74) is 4.40. The average molecular weight is 350 g/mol. The first kappa shape index (κ1) is 20.0. The Balaban J connectivity index is 2.40. The summed E-state index contributed by atoms with van der Waals surface area (Å²) in [6.45, 7) is 13.1. The van der Waals surface area contributed by atoms with Gasteiger partial charge in [0.05, 0.1) is 0 Å². The van der Waals surface area contributed by atoms with Crippen LogP contribution in [0.15, 0.2) is 54.6 Å². The quantitative estimate of drug-likeness (QED) is 0.626. The molecule has 0 aliphatic carbocycles. The lowest BCUT2D eigenvalue weighted by atomic mass is 9.81. The van der Waals surface area contributed by atoms with Gasteiger partial charge in [0.25, 0.3) is 5.91 Å². The SMILES string of the molecule is CN(C(=O)/C=C/c1ccccc1)c1cc(C(C)(C)C)ccc1C(C)(C)C. The van der Waals surface area contributed by atoms with E-state index in [-0.39, 0.29) is 16.7 Å². The molecule has 138 valence electrons. The van der Waals surface area contributed by atoms with Crippen LogP contribution in [0.25, 0.3) is 6.08 Å². The molecule has 0 unspecified atom stereocenters. The maximum atomic E-state index is 12.8. The first-order chi connectivity index (χ1) is 12.0. The first-order valence-electron chi connectivity index (χ1n) is 9.16. The molecule has 0 N–H and O–H groups in total. The topological polar surface area (TPSA) is 20.3 Å². The van der Waals surface area contributed by atoms with Gasteiger partial charge in [-0.1, -0.05) is 84.0 Å². The number of carbonyl (C=O) groups excluding carboxylic acids is 1. The molecule has 0 spiro atoms. The summed E-state index contributed by atoms with van der Waals surface area (Å²) in [7, 11) is 1.86. The largest absolute Gasteiger partial charge is 0.312 e. The van der Waals surface area contributed by atoms with Gasteiger partial charge in [-0.15, -0.1) is 0 Å². The van der Waals surface area contributed by atoms with Crippen LogP contribution >= 0.6 is 0 Å². The third-order valence-electron chi connectivity index (χ3n) is 4.58. The molecular weight excluding hydrogens is 318 g/mol. The van der Waals surface area contributed by atoms with Crippen molar-refractivity contribution >= 4 is 17.7 Å². The zero-order valence-electron chi connectivity index (χ0n) is 17.1. The fourth-order valence-electron chi connectivity index (χ4n) is 2.87. The maximum absolute atomic E-state index is 12.8. The third kappa shape index (κ3) is 4.85. The molecule has 0 fully saturated rings. The van der Waals surface area contributed by atoms with Crippen LogP contribution in [0.5, 0.6) is 0 Å². The van der Waals surface area contributed by atoms with Crippen LogP contribution < -0.4 is 4.90 Å². The summed E-state index contributed by atoms with van der Waals surface area (Å²) in [5.74, 6) is -0.0228. The highest BCUT2D eigenvalue weighted by Gasteiger charge is 2.24. The van der Waals surface area contributed by atoms with Gasteiger partial charge in [0.1, 0.15) is 0 Å². The van der Waals surface area contributed by atoms with Crippen LogP contribution in [0.1, 0.15) is 58.2 Å². The molecule has 0 radical (unpaired) electrons. The van der Waals surface area contributed by atoms with E-state index in [0.29, 0.717) is 0 Å². The molecule has 2 aromatic carbocycles. The number of carbonyl (C=O) groups is 1. The highest BCUT2D eigenvalue weighted by molar-refractivity contribution is 6.04. The standard InChI is InChI=1S/C24H31NO/c1-23(2,3)19-14-15-20(24(4,5)6)21(17-19)25(7)22(26)16-13-18-11-9-8-10-12-18/h8-17H,1-7H3/b16-13+. The number of nitrogens with zero attached hydrogens (tertiary/aromatic N) is 1. The van der Waals surface area contributed by atoms with E-state index in [0.717, 1.165) is 11.3 Å². The number of hydrogen-bond donors (Lipinski definition) is 0. The lowest BCUT2D eigenvalue weighted by molar-refractivity contribution is -0.113. The zero-order valence-corrected chi connectivity index (χ0v) is 17.1. The van der Waals surface area contributed by atoms with Gasteiger partial charge in [0.15, 0.2) is 0 Å². The summed E-state index contributed by atoms with van der Waals surface area (Å²) in [6.07, 6.45) is 3.51. The Labute approximate surface area is 158 Å². The van der Waals surface area contributed by atoms with E-state index in [4.69, 9.17) is 0 Å². The summed E-state index contributed by atoms with van der Waals surface area (Å²) < 4.78 is 0. The lowest BCUT2D eigenvalue weighted by Crippen LogP contribution is -2.28. The lowest BCUT2D eigenvalue weighted by Gasteiger charge is -2.30. The van der Waals surface area contributed by atoms with Gasteiger partial charge in [-0.05, 0) is 39.7 Å². The van der Waals surface area contributed by atoms with Gasteiger partial charge in [0, 0.05) is 18.8 Å². The molecule has 2 rings (SSSR count). The summed E-state index contributed by atoms with van der Waals surface area (Å²) in [6, 6.07) is 16.4. The van der Waals surface area contributed by atoms with E-state index >= 15 is 0 Å². The van der Waals surface area contributed by atoms with Crippen molar-refractivity contribution in [3.05, 3.63) is 71.3 Å². The molecule has 0 aliphatic heterocycles. The molecular formula is C24H31NO. The van der Waals surface area contributed by atoms with Crippen molar-refractivity contribution < 1.29 is 4.79 Å². The minimum absolute atomic E-state index is 0.0228. The number of benzene rings is 2. The molecule has 2 nitrogen and oxygen atoms in total. The van der Waals surface area contributed by atoms with Crippen LogP contribution in [0.4, 0.5) is 5.69 Å². The number of likely N-dealkylation sites (N-methyl/N-ethyl adjacent to an activating group) is 1. The predicted octanol–water partition coefficient (Wildman–Crippen LogP) is 5.96. The van der Waals surface area contributed by atoms with Crippen LogP contribution in [0.2, 0.25) is 0 Å². The number of rotatable bonds is 3. The Hall–Kier alpha value is -2.35. The summed E-state index contributed by atoms with van der Waals surface area (Å²) in [5, 5.41) is 0.